The summed E-state index contributed by atoms with van der Waals surface area (Å²) in [5, 5.41) is 9.50. The van der Waals surface area contributed by atoms with Gasteiger partial charge in [-0.1, -0.05) is 13.3 Å². The first-order chi connectivity index (χ1) is 8.72. The number of fused-ring (bicyclic) bond motifs is 1. The van der Waals surface area contributed by atoms with Crippen LogP contribution in [0.15, 0.2) is 18.2 Å². The van der Waals surface area contributed by atoms with E-state index in [9.17, 15) is 4.79 Å². The molecule has 0 saturated heterocycles. The van der Waals surface area contributed by atoms with Crippen molar-refractivity contribution in [3.05, 3.63) is 23.8 Å². The molecule has 0 aromatic heterocycles. The molecule has 4 nitrogen and oxygen atoms in total. The number of carbonyl (C=O) groups excluding carboxylic acids is 1. The molecule has 18 heavy (non-hydrogen) atoms. The molecule has 0 spiro atoms. The lowest BCUT2D eigenvalue weighted by atomic mass is 10.1. The Balaban J connectivity index is 1.94. The minimum Gasteiger partial charge on any atom is -0.385 e. The molecular weight excluding hydrogens is 226 g/mol. The minimum absolute atomic E-state index is 0.0868. The van der Waals surface area contributed by atoms with E-state index in [1.807, 2.05) is 19.2 Å². The van der Waals surface area contributed by atoms with Crippen LogP contribution >= 0.6 is 0 Å². The maximum Gasteiger partial charge on any atom is 0.228 e. The van der Waals surface area contributed by atoms with Crippen LogP contribution < -0.4 is 16.0 Å². The van der Waals surface area contributed by atoms with Gasteiger partial charge in [-0.15, -0.1) is 0 Å². The first-order valence-electron chi connectivity index (χ1n) is 6.54. The van der Waals surface area contributed by atoms with Crippen molar-refractivity contribution in [1.29, 1.82) is 0 Å². The second-order valence-electron chi connectivity index (χ2n) is 4.81. The molecule has 98 valence electrons. The summed E-state index contributed by atoms with van der Waals surface area (Å²) in [6.45, 7) is 4.18. The Morgan fingerprint density at radius 3 is 2.94 bits per heavy atom. The number of hydrogen-bond donors (Lipinski definition) is 3. The van der Waals surface area contributed by atoms with Gasteiger partial charge in [0.2, 0.25) is 5.91 Å². The summed E-state index contributed by atoms with van der Waals surface area (Å²) in [6.07, 6.45) is 1.65. The summed E-state index contributed by atoms with van der Waals surface area (Å²) in [7, 11) is 1.98. The Labute approximate surface area is 108 Å². The van der Waals surface area contributed by atoms with E-state index in [1.54, 1.807) is 0 Å². The fraction of sp³-hybridized carbons (Fsp3) is 0.500. The van der Waals surface area contributed by atoms with E-state index in [1.165, 1.54) is 0 Å². The molecule has 2 rings (SSSR count). The molecule has 4 heteroatoms. The normalized spacial score (nSPS) is 15.1. The molecular formula is C14H21N3O. The Kier molecular flexibility index (Phi) is 4.20. The number of anilines is 2. The summed E-state index contributed by atoms with van der Waals surface area (Å²) in [4.78, 5) is 11.3. The second-order valence-corrected chi connectivity index (χ2v) is 4.81. The third-order valence-corrected chi connectivity index (χ3v) is 3.40. The molecule has 1 aliphatic rings. The van der Waals surface area contributed by atoms with E-state index >= 15 is 0 Å². The smallest absolute Gasteiger partial charge is 0.228 e. The van der Waals surface area contributed by atoms with Crippen molar-refractivity contribution in [3.8, 4) is 0 Å². The number of benzene rings is 1. The van der Waals surface area contributed by atoms with Crippen LogP contribution in [0.1, 0.15) is 18.9 Å². The molecule has 0 radical (unpaired) electrons. The standard InChI is InChI=1S/C14H21N3O/c1-3-10(8-15-2)9-16-12-4-5-13-11(6-12)7-14(18)17-13/h4-6,10,15-16H,3,7-9H2,1-2H3,(H,17,18). The Morgan fingerprint density at radius 2 is 2.22 bits per heavy atom. The van der Waals surface area contributed by atoms with Gasteiger partial charge in [-0.2, -0.15) is 0 Å². The summed E-state index contributed by atoms with van der Waals surface area (Å²) in [5.41, 5.74) is 3.14. The molecule has 3 N–H and O–H groups in total. The van der Waals surface area contributed by atoms with E-state index in [0.717, 1.165) is 36.4 Å². The highest BCUT2D eigenvalue weighted by Gasteiger charge is 2.17. The van der Waals surface area contributed by atoms with Gasteiger partial charge in [0.05, 0.1) is 6.42 Å². The monoisotopic (exact) mass is 247 g/mol. The van der Waals surface area contributed by atoms with Crippen LogP contribution in [0.5, 0.6) is 0 Å². The van der Waals surface area contributed by atoms with Gasteiger partial charge in [-0.25, -0.2) is 0 Å². The van der Waals surface area contributed by atoms with Gasteiger partial charge >= 0.3 is 0 Å². The number of carbonyl (C=O) groups is 1. The molecule has 1 heterocycles. The summed E-state index contributed by atoms with van der Waals surface area (Å²) >= 11 is 0. The van der Waals surface area contributed by atoms with Crippen LogP contribution in [0.2, 0.25) is 0 Å². The molecule has 0 bridgehead atoms. The third kappa shape index (κ3) is 3.01. The van der Waals surface area contributed by atoms with E-state index < -0.39 is 0 Å². The predicted octanol–water partition coefficient (Wildman–Crippen LogP) is 1.84. The Hall–Kier alpha value is -1.55. The summed E-state index contributed by atoms with van der Waals surface area (Å²) < 4.78 is 0. The van der Waals surface area contributed by atoms with Crippen LogP contribution in [0, 0.1) is 5.92 Å². The van der Waals surface area contributed by atoms with Gasteiger partial charge in [0, 0.05) is 17.9 Å². The first kappa shape index (κ1) is 12.9. The fourth-order valence-electron chi connectivity index (χ4n) is 2.25. The van der Waals surface area contributed by atoms with E-state index in [2.05, 4.69) is 28.9 Å². The lowest BCUT2D eigenvalue weighted by molar-refractivity contribution is -0.115. The van der Waals surface area contributed by atoms with Gasteiger partial charge in [0.1, 0.15) is 0 Å². The predicted molar refractivity (Wildman–Crippen MR) is 75.0 cm³/mol. The maximum absolute atomic E-state index is 11.3. The lowest BCUT2D eigenvalue weighted by Gasteiger charge is -2.16. The lowest BCUT2D eigenvalue weighted by Crippen LogP contribution is -2.24. The fourth-order valence-corrected chi connectivity index (χ4v) is 2.25. The van der Waals surface area contributed by atoms with Crippen molar-refractivity contribution in [2.45, 2.75) is 19.8 Å². The Bertz CT molecular complexity index is 431. The van der Waals surface area contributed by atoms with Crippen LogP contribution in [-0.4, -0.2) is 26.0 Å². The molecule has 1 amide bonds. The topological polar surface area (TPSA) is 53.2 Å². The molecule has 1 aromatic rings. The van der Waals surface area contributed by atoms with Gasteiger partial charge in [-0.3, -0.25) is 4.79 Å². The molecule has 1 unspecified atom stereocenters. The highest BCUT2D eigenvalue weighted by atomic mass is 16.1. The van der Waals surface area contributed by atoms with Crippen LogP contribution in [-0.2, 0) is 11.2 Å². The van der Waals surface area contributed by atoms with Gasteiger partial charge < -0.3 is 16.0 Å². The average Bonchev–Trinajstić information content (AvgIpc) is 2.73. The summed E-state index contributed by atoms with van der Waals surface area (Å²) in [5.74, 6) is 0.715. The van der Waals surface area contributed by atoms with E-state index in [0.29, 0.717) is 12.3 Å². The van der Waals surface area contributed by atoms with Crippen molar-refractivity contribution in [2.75, 3.05) is 30.8 Å². The van der Waals surface area contributed by atoms with E-state index in [-0.39, 0.29) is 5.91 Å². The molecule has 0 aliphatic carbocycles. The summed E-state index contributed by atoms with van der Waals surface area (Å²) in [6, 6.07) is 6.07. The minimum atomic E-state index is 0.0868. The highest BCUT2D eigenvalue weighted by Crippen LogP contribution is 2.26. The van der Waals surface area contributed by atoms with Crippen LogP contribution in [0.25, 0.3) is 0 Å². The average molecular weight is 247 g/mol. The first-order valence-corrected chi connectivity index (χ1v) is 6.54. The van der Waals surface area contributed by atoms with Crippen molar-refractivity contribution >= 4 is 17.3 Å². The molecule has 1 aromatic carbocycles. The largest absolute Gasteiger partial charge is 0.385 e. The quantitative estimate of drug-likeness (QED) is 0.719. The van der Waals surface area contributed by atoms with Gasteiger partial charge in [0.25, 0.3) is 0 Å². The number of amides is 1. The third-order valence-electron chi connectivity index (χ3n) is 3.40. The Morgan fingerprint density at radius 1 is 1.39 bits per heavy atom. The zero-order valence-corrected chi connectivity index (χ0v) is 11.0. The zero-order valence-electron chi connectivity index (χ0n) is 11.0. The van der Waals surface area contributed by atoms with Gasteiger partial charge in [-0.05, 0) is 43.3 Å². The molecule has 1 aliphatic heterocycles. The maximum atomic E-state index is 11.3. The van der Waals surface area contributed by atoms with E-state index in [4.69, 9.17) is 0 Å². The van der Waals surface area contributed by atoms with Crippen LogP contribution in [0.4, 0.5) is 11.4 Å². The second kappa shape index (κ2) is 5.87. The van der Waals surface area contributed by atoms with Crippen molar-refractivity contribution < 1.29 is 4.79 Å². The zero-order chi connectivity index (χ0) is 13.0. The number of hydrogen-bond acceptors (Lipinski definition) is 3. The number of rotatable bonds is 6. The van der Waals surface area contributed by atoms with Crippen molar-refractivity contribution in [1.82, 2.24) is 5.32 Å². The highest BCUT2D eigenvalue weighted by molar-refractivity contribution is 5.99. The van der Waals surface area contributed by atoms with Crippen molar-refractivity contribution in [2.24, 2.45) is 5.92 Å². The molecule has 1 atom stereocenters. The molecule has 0 fully saturated rings. The molecule has 0 saturated carbocycles. The van der Waals surface area contributed by atoms with Gasteiger partial charge in [0.15, 0.2) is 0 Å². The number of nitrogens with one attached hydrogen (secondary N) is 3. The van der Waals surface area contributed by atoms with Crippen molar-refractivity contribution in [3.63, 3.8) is 0 Å². The SMILES string of the molecule is CCC(CNC)CNc1ccc2c(c1)CC(=O)N2. The van der Waals surface area contributed by atoms with Crippen LogP contribution in [0.3, 0.4) is 0 Å².